The van der Waals surface area contributed by atoms with Crippen LogP contribution in [0.2, 0.25) is 0 Å². The lowest BCUT2D eigenvalue weighted by Gasteiger charge is -2.41. The number of anilines is 1. The maximum Gasteiger partial charge on any atom is 0.157 e. The zero-order valence-corrected chi connectivity index (χ0v) is 16.2. The summed E-state index contributed by atoms with van der Waals surface area (Å²) in [4.78, 5) is 7.25. The Morgan fingerprint density at radius 2 is 1.83 bits per heavy atom. The molecule has 6 heteroatoms. The molecule has 0 spiro atoms. The largest absolute Gasteiger partial charge is 0.486 e. The highest BCUT2D eigenvalue weighted by atomic mass is 16.5. The lowest BCUT2D eigenvalue weighted by molar-refractivity contribution is 0.168. The molecule has 146 valence electrons. The Labute approximate surface area is 169 Å². The highest BCUT2D eigenvalue weighted by Gasteiger charge is 2.33. The van der Waals surface area contributed by atoms with E-state index in [1.807, 2.05) is 16.8 Å². The van der Waals surface area contributed by atoms with Crippen molar-refractivity contribution in [2.45, 2.75) is 18.9 Å². The summed E-state index contributed by atoms with van der Waals surface area (Å²) < 4.78 is 8.38. The fourth-order valence-electron chi connectivity index (χ4n) is 4.50. The molecule has 0 amide bonds. The van der Waals surface area contributed by atoms with Gasteiger partial charge in [0.15, 0.2) is 5.65 Å². The van der Waals surface area contributed by atoms with Crippen molar-refractivity contribution < 1.29 is 4.74 Å². The summed E-state index contributed by atoms with van der Waals surface area (Å²) in [6.07, 6.45) is 3.97. The predicted molar refractivity (Wildman–Crippen MR) is 114 cm³/mol. The molecule has 4 heterocycles. The predicted octanol–water partition coefficient (Wildman–Crippen LogP) is 2.84. The Morgan fingerprint density at radius 3 is 2.79 bits per heavy atom. The molecule has 4 aromatic rings. The van der Waals surface area contributed by atoms with Gasteiger partial charge in [-0.3, -0.25) is 0 Å². The minimum atomic E-state index is 0.180. The monoisotopic (exact) mass is 385 g/mol. The third-order valence-electron chi connectivity index (χ3n) is 5.97. The van der Waals surface area contributed by atoms with Gasteiger partial charge in [-0.25, -0.2) is 4.98 Å². The van der Waals surface area contributed by atoms with Crippen molar-refractivity contribution >= 4 is 22.2 Å². The molecule has 0 bridgehead atoms. The SMILES string of the molecule is c1ccc2c(OC3CN(c4c5c(nc6ccnn46)CCNCC5)C3)cccc2c1. The van der Waals surface area contributed by atoms with Crippen LogP contribution in [-0.2, 0) is 12.8 Å². The third-order valence-corrected chi connectivity index (χ3v) is 5.97. The van der Waals surface area contributed by atoms with Gasteiger partial charge in [0.1, 0.15) is 17.7 Å². The summed E-state index contributed by atoms with van der Waals surface area (Å²) in [7, 11) is 0. The van der Waals surface area contributed by atoms with E-state index in [0.717, 1.165) is 50.4 Å². The first-order chi connectivity index (χ1) is 14.4. The average Bonchev–Trinajstić information content (AvgIpc) is 3.06. The second-order valence-corrected chi connectivity index (χ2v) is 7.83. The van der Waals surface area contributed by atoms with Crippen LogP contribution in [0, 0.1) is 0 Å². The van der Waals surface area contributed by atoms with Crippen LogP contribution in [0.15, 0.2) is 54.7 Å². The molecule has 0 saturated carbocycles. The van der Waals surface area contributed by atoms with Gasteiger partial charge in [0, 0.05) is 30.0 Å². The van der Waals surface area contributed by atoms with E-state index >= 15 is 0 Å². The molecule has 1 fully saturated rings. The fourth-order valence-corrected chi connectivity index (χ4v) is 4.50. The van der Waals surface area contributed by atoms with Crippen LogP contribution in [0.3, 0.4) is 0 Å². The van der Waals surface area contributed by atoms with Gasteiger partial charge in [-0.1, -0.05) is 36.4 Å². The number of nitrogens with zero attached hydrogens (tertiary/aromatic N) is 4. The highest BCUT2D eigenvalue weighted by molar-refractivity contribution is 5.88. The molecular formula is C23H23N5O. The van der Waals surface area contributed by atoms with Crippen LogP contribution in [0.5, 0.6) is 5.75 Å². The van der Waals surface area contributed by atoms with E-state index < -0.39 is 0 Å². The quantitative estimate of drug-likeness (QED) is 0.588. The second kappa shape index (κ2) is 6.74. The second-order valence-electron chi connectivity index (χ2n) is 7.83. The smallest absolute Gasteiger partial charge is 0.157 e. The van der Waals surface area contributed by atoms with Crippen molar-refractivity contribution in [1.82, 2.24) is 19.9 Å². The zero-order chi connectivity index (χ0) is 19.2. The molecule has 1 saturated heterocycles. The van der Waals surface area contributed by atoms with Crippen molar-refractivity contribution in [3.8, 4) is 5.75 Å². The van der Waals surface area contributed by atoms with E-state index in [9.17, 15) is 0 Å². The van der Waals surface area contributed by atoms with Crippen LogP contribution >= 0.6 is 0 Å². The van der Waals surface area contributed by atoms with E-state index in [1.54, 1.807) is 0 Å². The molecule has 0 unspecified atom stereocenters. The van der Waals surface area contributed by atoms with E-state index in [4.69, 9.17) is 9.72 Å². The van der Waals surface area contributed by atoms with Gasteiger partial charge in [-0.05, 0) is 24.4 Å². The van der Waals surface area contributed by atoms with Crippen LogP contribution < -0.4 is 15.0 Å². The van der Waals surface area contributed by atoms with E-state index in [-0.39, 0.29) is 6.10 Å². The highest BCUT2D eigenvalue weighted by Crippen LogP contribution is 2.32. The third kappa shape index (κ3) is 2.83. The molecule has 2 aromatic carbocycles. The molecular weight excluding hydrogens is 362 g/mol. The van der Waals surface area contributed by atoms with Gasteiger partial charge in [0.05, 0.1) is 25.0 Å². The Morgan fingerprint density at radius 1 is 0.966 bits per heavy atom. The van der Waals surface area contributed by atoms with Gasteiger partial charge in [0.25, 0.3) is 0 Å². The van der Waals surface area contributed by atoms with Crippen molar-refractivity contribution in [1.29, 1.82) is 0 Å². The first-order valence-corrected chi connectivity index (χ1v) is 10.3. The Hall–Kier alpha value is -3.12. The molecule has 0 aliphatic carbocycles. The molecule has 6 rings (SSSR count). The standard InChI is InChI=1S/C23H23N5O/c1-2-6-18-16(4-1)5-3-7-21(18)29-17-14-27(15-17)23-19-8-11-24-12-9-20(19)26-22-10-13-25-28(22)23/h1-7,10,13,17,24H,8-9,11-12,14-15H2. The van der Waals surface area contributed by atoms with E-state index in [1.165, 1.54) is 27.8 Å². The lowest BCUT2D eigenvalue weighted by atomic mass is 10.1. The summed E-state index contributed by atoms with van der Waals surface area (Å²) in [6.45, 7) is 3.69. The topological polar surface area (TPSA) is 54.7 Å². The van der Waals surface area contributed by atoms with E-state index in [2.05, 4.69) is 57.8 Å². The molecule has 6 nitrogen and oxygen atoms in total. The minimum Gasteiger partial charge on any atom is -0.486 e. The Kier molecular flexibility index (Phi) is 3.90. The Bertz CT molecular complexity index is 1190. The summed E-state index contributed by atoms with van der Waals surface area (Å²) in [6, 6.07) is 16.6. The first kappa shape index (κ1) is 16.8. The number of nitrogens with one attached hydrogen (secondary N) is 1. The molecule has 29 heavy (non-hydrogen) atoms. The van der Waals surface area contributed by atoms with Gasteiger partial charge < -0.3 is 15.0 Å². The molecule has 1 N–H and O–H groups in total. The zero-order valence-electron chi connectivity index (χ0n) is 16.2. The lowest BCUT2D eigenvalue weighted by Crippen LogP contribution is -2.55. The van der Waals surface area contributed by atoms with E-state index in [0.29, 0.717) is 0 Å². The minimum absolute atomic E-state index is 0.180. The first-order valence-electron chi connectivity index (χ1n) is 10.3. The number of rotatable bonds is 3. The van der Waals surface area contributed by atoms with Crippen LogP contribution in [0.1, 0.15) is 11.3 Å². The number of fused-ring (bicyclic) bond motifs is 3. The van der Waals surface area contributed by atoms with Gasteiger partial charge in [0.2, 0.25) is 0 Å². The number of benzene rings is 2. The number of hydrogen-bond acceptors (Lipinski definition) is 5. The van der Waals surface area contributed by atoms with Crippen molar-refractivity contribution in [2.24, 2.45) is 0 Å². The molecule has 0 atom stereocenters. The normalized spacial score (nSPS) is 17.2. The molecule has 2 aliphatic heterocycles. The van der Waals surface area contributed by atoms with Crippen LogP contribution in [0.4, 0.5) is 5.82 Å². The van der Waals surface area contributed by atoms with Crippen molar-refractivity contribution in [3.63, 3.8) is 0 Å². The van der Waals surface area contributed by atoms with Gasteiger partial charge in [-0.15, -0.1) is 0 Å². The fraction of sp³-hybridized carbons (Fsp3) is 0.304. The maximum atomic E-state index is 6.38. The summed E-state index contributed by atoms with van der Waals surface area (Å²) in [5.41, 5.74) is 3.46. The Balaban J connectivity index is 1.29. The summed E-state index contributed by atoms with van der Waals surface area (Å²) >= 11 is 0. The number of ether oxygens (including phenoxy) is 1. The van der Waals surface area contributed by atoms with Gasteiger partial charge in [-0.2, -0.15) is 9.61 Å². The van der Waals surface area contributed by atoms with Crippen LogP contribution in [-0.4, -0.2) is 46.9 Å². The number of hydrogen-bond donors (Lipinski definition) is 1. The molecule has 2 aromatic heterocycles. The molecule has 0 radical (unpaired) electrons. The average molecular weight is 385 g/mol. The van der Waals surface area contributed by atoms with Crippen molar-refractivity contribution in [2.75, 3.05) is 31.1 Å². The van der Waals surface area contributed by atoms with Gasteiger partial charge >= 0.3 is 0 Å². The summed E-state index contributed by atoms with van der Waals surface area (Å²) in [5.74, 6) is 2.16. The van der Waals surface area contributed by atoms with Crippen molar-refractivity contribution in [3.05, 3.63) is 66.0 Å². The van der Waals surface area contributed by atoms with Crippen LogP contribution in [0.25, 0.3) is 16.4 Å². The summed E-state index contributed by atoms with van der Waals surface area (Å²) in [5, 5.41) is 10.4. The maximum absolute atomic E-state index is 6.38. The number of aromatic nitrogens is 3. The molecule has 2 aliphatic rings.